The monoisotopic (exact) mass is 175 g/mol. The third kappa shape index (κ3) is 3.92. The molecule has 0 aliphatic rings. The van der Waals surface area contributed by atoms with Crippen LogP contribution in [0.15, 0.2) is 0 Å². The molecule has 0 fully saturated rings. The first kappa shape index (κ1) is 10.9. The maximum absolute atomic E-state index is 10.5. The van der Waals surface area contributed by atoms with E-state index >= 15 is 0 Å². The zero-order valence-electron chi connectivity index (χ0n) is 6.86. The first-order chi connectivity index (χ1) is 5.45. The Balaban J connectivity index is 3.97. The fourth-order valence-corrected chi connectivity index (χ4v) is 0.890. The third-order valence-electron chi connectivity index (χ3n) is 1.62. The van der Waals surface area contributed by atoms with E-state index in [1.54, 1.807) is 6.92 Å². The predicted molar refractivity (Wildman–Crippen MR) is 41.6 cm³/mol. The van der Waals surface area contributed by atoms with Crippen LogP contribution in [0.1, 0.15) is 19.8 Å². The number of nitrogens with two attached hydrogens (primary N) is 1. The molecule has 0 aromatic heterocycles. The van der Waals surface area contributed by atoms with Gasteiger partial charge in [0.25, 0.3) is 0 Å². The van der Waals surface area contributed by atoms with E-state index in [-0.39, 0.29) is 12.8 Å². The van der Waals surface area contributed by atoms with Crippen LogP contribution >= 0.6 is 0 Å². The molecule has 0 aliphatic carbocycles. The summed E-state index contributed by atoms with van der Waals surface area (Å²) in [6, 6.07) is -0.512. The highest BCUT2D eigenvalue weighted by Crippen LogP contribution is 2.10. The van der Waals surface area contributed by atoms with Crippen molar-refractivity contribution in [3.8, 4) is 0 Å². The lowest BCUT2D eigenvalue weighted by Gasteiger charge is -2.14. The molecule has 5 heteroatoms. The average molecular weight is 175 g/mol. The van der Waals surface area contributed by atoms with Gasteiger partial charge in [0.1, 0.15) is 0 Å². The number of hydrogen-bond donors (Lipinski definition) is 3. The molecule has 0 aliphatic heterocycles. The Morgan fingerprint density at radius 1 is 1.42 bits per heavy atom. The molecule has 0 saturated carbocycles. The van der Waals surface area contributed by atoms with E-state index in [2.05, 4.69) is 0 Å². The van der Waals surface area contributed by atoms with Crippen molar-refractivity contribution in [1.82, 2.24) is 0 Å². The topological polar surface area (TPSA) is 101 Å². The molecule has 0 amide bonds. The first-order valence-corrected chi connectivity index (χ1v) is 3.65. The maximum Gasteiger partial charge on any atom is 0.308 e. The largest absolute Gasteiger partial charge is 0.481 e. The van der Waals surface area contributed by atoms with Crippen LogP contribution < -0.4 is 5.73 Å². The summed E-state index contributed by atoms with van der Waals surface area (Å²) < 4.78 is 0. The fraction of sp³-hybridized carbons (Fsp3) is 0.714. The Hall–Kier alpha value is -1.10. The normalized spacial score (nSPS) is 15.2. The highest BCUT2D eigenvalue weighted by Gasteiger charge is 2.22. The second-order valence-electron chi connectivity index (χ2n) is 2.74. The van der Waals surface area contributed by atoms with Crippen LogP contribution in [-0.2, 0) is 9.59 Å². The number of carboxylic acid groups (broad SMARTS) is 2. The van der Waals surface area contributed by atoms with Crippen LogP contribution in [0.2, 0.25) is 0 Å². The Bertz CT molecular complexity index is 178. The van der Waals surface area contributed by atoms with Gasteiger partial charge in [-0.25, -0.2) is 0 Å². The standard InChI is InChI=1S/C7H13NO4/c1-4(8)5(7(11)12)2-3-6(9)10/h4-5H,2-3,8H2,1H3,(H,9,10)(H,11,12)/t4-,5+/m0/s1. The molecule has 70 valence electrons. The molecule has 2 atom stereocenters. The van der Waals surface area contributed by atoms with Crippen LogP contribution in [0.4, 0.5) is 0 Å². The summed E-state index contributed by atoms with van der Waals surface area (Å²) >= 11 is 0. The van der Waals surface area contributed by atoms with Gasteiger partial charge in [-0.05, 0) is 13.3 Å². The molecule has 0 rings (SSSR count). The van der Waals surface area contributed by atoms with Crippen molar-refractivity contribution in [2.24, 2.45) is 11.7 Å². The molecule has 0 heterocycles. The van der Waals surface area contributed by atoms with Crippen molar-refractivity contribution in [3.05, 3.63) is 0 Å². The van der Waals surface area contributed by atoms with Gasteiger partial charge in [0.05, 0.1) is 5.92 Å². The number of carbonyl (C=O) groups is 2. The zero-order chi connectivity index (χ0) is 9.72. The minimum atomic E-state index is -1.04. The predicted octanol–water partition coefficient (Wildman–Crippen LogP) is -0.101. The summed E-state index contributed by atoms with van der Waals surface area (Å²) in [5.41, 5.74) is 5.35. The second kappa shape index (κ2) is 4.71. The van der Waals surface area contributed by atoms with Crippen molar-refractivity contribution in [2.75, 3.05) is 0 Å². The molecule has 0 spiro atoms. The average Bonchev–Trinajstić information content (AvgIpc) is 1.84. The van der Waals surface area contributed by atoms with E-state index in [0.29, 0.717) is 0 Å². The number of carboxylic acids is 2. The van der Waals surface area contributed by atoms with Crippen molar-refractivity contribution >= 4 is 11.9 Å². The summed E-state index contributed by atoms with van der Waals surface area (Å²) in [7, 11) is 0. The van der Waals surface area contributed by atoms with Gasteiger partial charge in [0.15, 0.2) is 0 Å². The molecule has 0 aromatic rings. The molecule has 0 unspecified atom stereocenters. The lowest BCUT2D eigenvalue weighted by molar-refractivity contribution is -0.143. The van der Waals surface area contributed by atoms with Crippen LogP contribution in [0.3, 0.4) is 0 Å². The van der Waals surface area contributed by atoms with Gasteiger partial charge in [0.2, 0.25) is 0 Å². The molecule has 5 nitrogen and oxygen atoms in total. The van der Waals surface area contributed by atoms with E-state index in [9.17, 15) is 9.59 Å². The van der Waals surface area contributed by atoms with E-state index < -0.39 is 23.9 Å². The molecule has 0 saturated heterocycles. The van der Waals surface area contributed by atoms with Crippen LogP contribution in [0.5, 0.6) is 0 Å². The van der Waals surface area contributed by atoms with Gasteiger partial charge in [-0.15, -0.1) is 0 Å². The van der Waals surface area contributed by atoms with Gasteiger partial charge >= 0.3 is 11.9 Å². The second-order valence-corrected chi connectivity index (χ2v) is 2.74. The Morgan fingerprint density at radius 3 is 2.17 bits per heavy atom. The van der Waals surface area contributed by atoms with Gasteiger partial charge in [-0.3, -0.25) is 9.59 Å². The van der Waals surface area contributed by atoms with Crippen molar-refractivity contribution in [3.63, 3.8) is 0 Å². The van der Waals surface area contributed by atoms with Crippen molar-refractivity contribution in [1.29, 1.82) is 0 Å². The quantitative estimate of drug-likeness (QED) is 0.541. The van der Waals surface area contributed by atoms with Crippen LogP contribution in [0.25, 0.3) is 0 Å². The molecule has 4 N–H and O–H groups in total. The van der Waals surface area contributed by atoms with Crippen molar-refractivity contribution < 1.29 is 19.8 Å². The molecule has 0 radical (unpaired) electrons. The highest BCUT2D eigenvalue weighted by atomic mass is 16.4. The summed E-state index contributed by atoms with van der Waals surface area (Å²) in [5, 5.41) is 16.9. The molecule has 12 heavy (non-hydrogen) atoms. The maximum atomic E-state index is 10.5. The third-order valence-corrected chi connectivity index (χ3v) is 1.62. The van der Waals surface area contributed by atoms with E-state index in [4.69, 9.17) is 15.9 Å². The smallest absolute Gasteiger partial charge is 0.308 e. The van der Waals surface area contributed by atoms with Gasteiger partial charge in [0, 0.05) is 12.5 Å². The van der Waals surface area contributed by atoms with Gasteiger partial charge in [-0.1, -0.05) is 0 Å². The summed E-state index contributed by atoms with van der Waals surface area (Å²) in [6.45, 7) is 1.56. The highest BCUT2D eigenvalue weighted by molar-refractivity contribution is 5.72. The van der Waals surface area contributed by atoms with E-state index in [0.717, 1.165) is 0 Å². The number of hydrogen-bond acceptors (Lipinski definition) is 3. The first-order valence-electron chi connectivity index (χ1n) is 3.65. The lowest BCUT2D eigenvalue weighted by Crippen LogP contribution is -2.33. The molecular formula is C7H13NO4. The van der Waals surface area contributed by atoms with Gasteiger partial charge < -0.3 is 15.9 Å². The number of rotatable bonds is 5. The van der Waals surface area contributed by atoms with E-state index in [1.807, 2.05) is 0 Å². The number of aliphatic carboxylic acids is 2. The molecular weight excluding hydrogens is 162 g/mol. The summed E-state index contributed by atoms with van der Waals surface area (Å²) in [5.74, 6) is -2.80. The Morgan fingerprint density at radius 2 is 1.92 bits per heavy atom. The SMILES string of the molecule is C[C@H](N)[C@@H](CCC(=O)O)C(=O)O. The molecule has 0 aromatic carbocycles. The van der Waals surface area contributed by atoms with E-state index in [1.165, 1.54) is 0 Å². The van der Waals surface area contributed by atoms with Crippen LogP contribution in [0, 0.1) is 5.92 Å². The van der Waals surface area contributed by atoms with Gasteiger partial charge in [-0.2, -0.15) is 0 Å². The Labute approximate surface area is 70.2 Å². The lowest BCUT2D eigenvalue weighted by atomic mass is 9.97. The van der Waals surface area contributed by atoms with Crippen LogP contribution in [-0.4, -0.2) is 28.2 Å². The molecule has 0 bridgehead atoms. The Kier molecular flexibility index (Phi) is 4.28. The zero-order valence-corrected chi connectivity index (χ0v) is 6.86. The summed E-state index contributed by atoms with van der Waals surface area (Å²) in [6.07, 6.45) is -0.0686. The van der Waals surface area contributed by atoms with Crippen molar-refractivity contribution in [2.45, 2.75) is 25.8 Å². The minimum absolute atomic E-state index is 0.0856. The summed E-state index contributed by atoms with van der Waals surface area (Å²) in [4.78, 5) is 20.6. The fourth-order valence-electron chi connectivity index (χ4n) is 0.890. The minimum Gasteiger partial charge on any atom is -0.481 e.